The first-order chi connectivity index (χ1) is 16.6. The molecule has 1 fully saturated rings. The van der Waals surface area contributed by atoms with Gasteiger partial charge in [-0.3, -0.25) is 9.59 Å². The molecule has 3 aromatic carbocycles. The van der Waals surface area contributed by atoms with Gasteiger partial charge in [-0.05, 0) is 71.8 Å². The van der Waals surface area contributed by atoms with Crippen LogP contribution in [0.4, 0.5) is 14.5 Å². The molecule has 180 valence electrons. The highest BCUT2D eigenvalue weighted by atomic mass is 19.3. The lowest BCUT2D eigenvalue weighted by Gasteiger charge is -2.17. The number of amides is 2. The molecule has 5 rings (SSSR count). The van der Waals surface area contributed by atoms with Gasteiger partial charge in [0.05, 0.1) is 5.41 Å². The Morgan fingerprint density at radius 1 is 0.943 bits per heavy atom. The first-order valence-electron chi connectivity index (χ1n) is 11.3. The van der Waals surface area contributed by atoms with E-state index >= 15 is 0 Å². The summed E-state index contributed by atoms with van der Waals surface area (Å²) in [5.41, 5.74) is 4.49. The van der Waals surface area contributed by atoms with E-state index in [0.29, 0.717) is 30.6 Å². The van der Waals surface area contributed by atoms with Crippen molar-refractivity contribution in [2.45, 2.75) is 44.9 Å². The predicted molar refractivity (Wildman–Crippen MR) is 126 cm³/mol. The summed E-state index contributed by atoms with van der Waals surface area (Å²) in [5.74, 6) is -0.378. The first kappa shape index (κ1) is 22.8. The summed E-state index contributed by atoms with van der Waals surface area (Å²) in [4.78, 5) is 24.4. The van der Waals surface area contributed by atoms with E-state index in [0.717, 1.165) is 22.3 Å². The number of alkyl halides is 2. The van der Waals surface area contributed by atoms with Gasteiger partial charge in [-0.2, -0.15) is 0 Å². The van der Waals surface area contributed by atoms with Gasteiger partial charge in [0.25, 0.3) is 0 Å². The van der Waals surface area contributed by atoms with Gasteiger partial charge in [0.15, 0.2) is 11.5 Å². The van der Waals surface area contributed by atoms with E-state index in [1.807, 2.05) is 49.4 Å². The SMILES string of the molecule is CC(=O)NCc1ccc(-c2cc(NC(=O)C3(c4ccc5c(c4)OC(F)(F)O5)CC3)ccc2C)cc1. The molecule has 6 nitrogen and oxygen atoms in total. The summed E-state index contributed by atoms with van der Waals surface area (Å²) in [7, 11) is 0. The number of carbonyl (C=O) groups excluding carboxylic acids is 2. The maximum Gasteiger partial charge on any atom is 0.586 e. The molecule has 1 aliphatic heterocycles. The minimum absolute atomic E-state index is 0.0405. The van der Waals surface area contributed by atoms with Crippen LogP contribution in [0, 0.1) is 6.92 Å². The van der Waals surface area contributed by atoms with Crippen LogP contribution in [0.5, 0.6) is 11.5 Å². The van der Waals surface area contributed by atoms with Crippen molar-refractivity contribution in [3.8, 4) is 22.6 Å². The fraction of sp³-hybridized carbons (Fsp3) is 0.259. The Bertz CT molecular complexity index is 1320. The van der Waals surface area contributed by atoms with Crippen LogP contribution in [0.3, 0.4) is 0 Å². The summed E-state index contributed by atoms with van der Waals surface area (Å²) >= 11 is 0. The molecular weight excluding hydrogens is 454 g/mol. The molecule has 35 heavy (non-hydrogen) atoms. The van der Waals surface area contributed by atoms with Gasteiger partial charge < -0.3 is 20.1 Å². The number of aryl methyl sites for hydroxylation is 1. The number of nitrogens with one attached hydrogen (secondary N) is 2. The van der Waals surface area contributed by atoms with Crippen LogP contribution in [0.15, 0.2) is 60.7 Å². The van der Waals surface area contributed by atoms with Crippen LogP contribution in [0.1, 0.15) is 36.5 Å². The summed E-state index contributed by atoms with van der Waals surface area (Å²) in [6, 6.07) is 18.1. The topological polar surface area (TPSA) is 76.7 Å². The third-order valence-electron chi connectivity index (χ3n) is 6.44. The Kier molecular flexibility index (Phi) is 5.46. The van der Waals surface area contributed by atoms with Crippen molar-refractivity contribution in [2.75, 3.05) is 5.32 Å². The number of hydrogen-bond acceptors (Lipinski definition) is 4. The molecule has 3 aromatic rings. The van der Waals surface area contributed by atoms with Crippen molar-refractivity contribution in [3.05, 3.63) is 77.4 Å². The Labute approximate surface area is 201 Å². The fourth-order valence-corrected chi connectivity index (χ4v) is 4.31. The van der Waals surface area contributed by atoms with Crippen molar-refractivity contribution in [1.82, 2.24) is 5.32 Å². The molecule has 0 atom stereocenters. The molecule has 8 heteroatoms. The van der Waals surface area contributed by atoms with Gasteiger partial charge in [0.1, 0.15) is 0 Å². The number of halogens is 2. The number of fused-ring (bicyclic) bond motifs is 1. The Morgan fingerprint density at radius 3 is 2.34 bits per heavy atom. The van der Waals surface area contributed by atoms with E-state index in [1.165, 1.54) is 19.1 Å². The van der Waals surface area contributed by atoms with Crippen LogP contribution in [0.2, 0.25) is 0 Å². The maximum atomic E-state index is 13.4. The van der Waals surface area contributed by atoms with E-state index < -0.39 is 11.7 Å². The lowest BCUT2D eigenvalue weighted by atomic mass is 9.94. The summed E-state index contributed by atoms with van der Waals surface area (Å²) < 4.78 is 35.8. The van der Waals surface area contributed by atoms with Crippen LogP contribution in [-0.4, -0.2) is 18.1 Å². The van der Waals surface area contributed by atoms with Gasteiger partial charge in [0.2, 0.25) is 11.8 Å². The number of ether oxygens (including phenoxy) is 2. The number of benzene rings is 3. The lowest BCUT2D eigenvalue weighted by Crippen LogP contribution is -2.28. The predicted octanol–water partition coefficient (Wildman–Crippen LogP) is 5.29. The summed E-state index contributed by atoms with van der Waals surface area (Å²) in [6.07, 6.45) is -2.47. The Hall–Kier alpha value is -3.94. The second-order valence-electron chi connectivity index (χ2n) is 9.00. The van der Waals surface area contributed by atoms with Crippen molar-refractivity contribution in [3.63, 3.8) is 0 Å². The average molecular weight is 478 g/mol. The Morgan fingerprint density at radius 2 is 1.66 bits per heavy atom. The molecule has 0 aromatic heterocycles. The van der Waals surface area contributed by atoms with E-state index in [2.05, 4.69) is 20.1 Å². The minimum atomic E-state index is -3.69. The van der Waals surface area contributed by atoms with Crippen molar-refractivity contribution in [1.29, 1.82) is 0 Å². The monoisotopic (exact) mass is 478 g/mol. The normalized spacial score (nSPS) is 16.5. The first-order valence-corrected chi connectivity index (χ1v) is 11.3. The van der Waals surface area contributed by atoms with Crippen molar-refractivity contribution < 1.29 is 27.8 Å². The zero-order valence-electron chi connectivity index (χ0n) is 19.3. The van der Waals surface area contributed by atoms with Gasteiger partial charge in [-0.25, -0.2) is 0 Å². The minimum Gasteiger partial charge on any atom is -0.395 e. The third-order valence-corrected chi connectivity index (χ3v) is 6.44. The Balaban J connectivity index is 1.34. The van der Waals surface area contributed by atoms with Crippen LogP contribution in [-0.2, 0) is 21.5 Å². The van der Waals surface area contributed by atoms with Crippen molar-refractivity contribution in [2.24, 2.45) is 0 Å². The number of hydrogen-bond donors (Lipinski definition) is 2. The van der Waals surface area contributed by atoms with Gasteiger partial charge in [0, 0.05) is 19.2 Å². The molecule has 2 aliphatic rings. The van der Waals surface area contributed by atoms with Gasteiger partial charge in [-0.1, -0.05) is 36.4 Å². The molecular formula is C27H24F2N2O4. The summed E-state index contributed by atoms with van der Waals surface area (Å²) in [6.45, 7) is 3.94. The smallest absolute Gasteiger partial charge is 0.395 e. The van der Waals surface area contributed by atoms with Crippen LogP contribution < -0.4 is 20.1 Å². The van der Waals surface area contributed by atoms with Crippen LogP contribution >= 0.6 is 0 Å². The number of carbonyl (C=O) groups is 2. The number of anilines is 1. The molecule has 2 N–H and O–H groups in total. The van der Waals surface area contributed by atoms with Gasteiger partial charge in [-0.15, -0.1) is 8.78 Å². The largest absolute Gasteiger partial charge is 0.586 e. The summed E-state index contributed by atoms with van der Waals surface area (Å²) in [5, 5.41) is 5.78. The standard InChI is InChI=1S/C27H24F2N2O4/c1-16-3-9-21(14-22(16)19-6-4-18(5-7-19)15-30-17(2)32)31-25(33)26(11-12-26)20-8-10-23-24(13-20)35-27(28,29)34-23/h3-10,13-14H,11-12,15H2,1-2H3,(H,30,32)(H,31,33). The molecule has 0 saturated heterocycles. The molecule has 2 amide bonds. The molecule has 0 bridgehead atoms. The number of rotatable bonds is 6. The fourth-order valence-electron chi connectivity index (χ4n) is 4.31. The van der Waals surface area contributed by atoms with Gasteiger partial charge >= 0.3 is 6.29 Å². The molecule has 1 aliphatic carbocycles. The van der Waals surface area contributed by atoms with Crippen LogP contribution in [0.25, 0.3) is 11.1 Å². The second kappa shape index (κ2) is 8.37. The highest BCUT2D eigenvalue weighted by Crippen LogP contribution is 2.52. The average Bonchev–Trinajstić information content (AvgIpc) is 3.56. The maximum absolute atomic E-state index is 13.4. The van der Waals surface area contributed by atoms with E-state index in [1.54, 1.807) is 6.07 Å². The second-order valence-corrected chi connectivity index (χ2v) is 9.00. The molecule has 1 saturated carbocycles. The molecule has 0 radical (unpaired) electrons. The third kappa shape index (κ3) is 4.56. The quantitative estimate of drug-likeness (QED) is 0.505. The zero-order chi connectivity index (χ0) is 24.8. The van der Waals surface area contributed by atoms with E-state index in [-0.39, 0.29) is 23.3 Å². The zero-order valence-corrected chi connectivity index (χ0v) is 19.3. The highest BCUT2D eigenvalue weighted by molar-refractivity contribution is 6.02. The lowest BCUT2D eigenvalue weighted by molar-refractivity contribution is -0.286. The highest BCUT2D eigenvalue weighted by Gasteiger charge is 2.52. The molecule has 1 heterocycles. The van der Waals surface area contributed by atoms with E-state index in [4.69, 9.17) is 0 Å². The molecule has 0 unspecified atom stereocenters. The van der Waals surface area contributed by atoms with Crippen molar-refractivity contribution >= 4 is 17.5 Å². The molecule has 0 spiro atoms. The van der Waals surface area contributed by atoms with E-state index in [9.17, 15) is 18.4 Å².